The molecule has 6 heteroatoms. The number of fused-ring (bicyclic) bond motifs is 1. The number of nitriles is 1. The van der Waals surface area contributed by atoms with Crippen molar-refractivity contribution in [3.8, 4) is 6.07 Å². The van der Waals surface area contributed by atoms with Gasteiger partial charge in [0.15, 0.2) is 5.15 Å². The zero-order valence-electron chi connectivity index (χ0n) is 9.53. The summed E-state index contributed by atoms with van der Waals surface area (Å²) in [6.07, 6.45) is 4.49. The van der Waals surface area contributed by atoms with Crippen LogP contribution in [0.1, 0.15) is 18.7 Å². The van der Waals surface area contributed by atoms with E-state index < -0.39 is 0 Å². The van der Waals surface area contributed by atoms with Crippen LogP contribution in [0.4, 0.5) is 0 Å². The van der Waals surface area contributed by atoms with Crippen molar-refractivity contribution >= 4 is 38.6 Å². The molecule has 2 aromatic heterocycles. The average Bonchev–Trinajstić information content (AvgIpc) is 3.08. The maximum Gasteiger partial charge on any atom is 0.156 e. The van der Waals surface area contributed by atoms with Gasteiger partial charge in [0.1, 0.15) is 11.3 Å². The van der Waals surface area contributed by atoms with E-state index in [0.29, 0.717) is 23.0 Å². The normalized spacial score (nSPS) is 14.9. The fraction of sp³-hybridized carbons (Fsp3) is 0.417. The molecule has 1 saturated carbocycles. The van der Waals surface area contributed by atoms with Gasteiger partial charge in [-0.15, -0.1) is 0 Å². The molecule has 0 amide bonds. The quantitative estimate of drug-likeness (QED) is 0.813. The zero-order valence-corrected chi connectivity index (χ0v) is 11.9. The second-order valence-electron chi connectivity index (χ2n) is 4.51. The molecular weight excluding hydrogens is 316 g/mol. The van der Waals surface area contributed by atoms with Crippen molar-refractivity contribution in [2.75, 3.05) is 0 Å². The highest BCUT2D eigenvalue weighted by Crippen LogP contribution is 2.35. The van der Waals surface area contributed by atoms with Crippen molar-refractivity contribution in [1.82, 2.24) is 14.5 Å². The van der Waals surface area contributed by atoms with Gasteiger partial charge < -0.3 is 4.57 Å². The second kappa shape index (κ2) is 4.52. The molecule has 0 atom stereocenters. The van der Waals surface area contributed by atoms with Gasteiger partial charge in [-0.2, -0.15) is 5.26 Å². The van der Waals surface area contributed by atoms with Crippen LogP contribution >= 0.6 is 27.5 Å². The molecular formula is C12H10BrClN4. The fourth-order valence-electron chi connectivity index (χ4n) is 2.08. The Morgan fingerprint density at radius 3 is 3.00 bits per heavy atom. The van der Waals surface area contributed by atoms with Gasteiger partial charge in [0, 0.05) is 12.7 Å². The number of halogens is 2. The van der Waals surface area contributed by atoms with Gasteiger partial charge in [0.05, 0.1) is 22.5 Å². The van der Waals surface area contributed by atoms with Crippen molar-refractivity contribution < 1.29 is 0 Å². The molecule has 0 radical (unpaired) electrons. The first-order valence-electron chi connectivity index (χ1n) is 5.76. The molecule has 1 aliphatic carbocycles. The Labute approximate surface area is 118 Å². The largest absolute Gasteiger partial charge is 0.326 e. The number of rotatable bonds is 3. The predicted molar refractivity (Wildman–Crippen MR) is 72.3 cm³/mol. The average molecular weight is 326 g/mol. The number of imidazole rings is 1. The highest BCUT2D eigenvalue weighted by molar-refractivity contribution is 9.10. The lowest BCUT2D eigenvalue weighted by Crippen LogP contribution is -2.05. The third-order valence-electron chi connectivity index (χ3n) is 3.13. The highest BCUT2D eigenvalue weighted by Gasteiger charge is 2.25. The number of nitrogens with zero attached hydrogens (tertiary/aromatic N) is 4. The van der Waals surface area contributed by atoms with E-state index in [1.54, 1.807) is 6.20 Å². The number of hydrogen-bond acceptors (Lipinski definition) is 3. The SMILES string of the molecule is N#CCc1nc2c(Cl)ncc(Br)c2n1CC1CC1. The van der Waals surface area contributed by atoms with Gasteiger partial charge in [-0.25, -0.2) is 9.97 Å². The van der Waals surface area contributed by atoms with Crippen LogP contribution in [-0.4, -0.2) is 14.5 Å². The molecule has 1 aliphatic rings. The third kappa shape index (κ3) is 2.00. The van der Waals surface area contributed by atoms with Gasteiger partial charge >= 0.3 is 0 Å². The van der Waals surface area contributed by atoms with Gasteiger partial charge in [-0.05, 0) is 34.7 Å². The minimum absolute atomic E-state index is 0.296. The number of pyridine rings is 1. The molecule has 0 spiro atoms. The minimum atomic E-state index is 0.296. The van der Waals surface area contributed by atoms with E-state index >= 15 is 0 Å². The molecule has 92 valence electrons. The molecule has 3 rings (SSSR count). The third-order valence-corrected chi connectivity index (χ3v) is 3.99. The smallest absolute Gasteiger partial charge is 0.156 e. The first-order valence-corrected chi connectivity index (χ1v) is 6.94. The van der Waals surface area contributed by atoms with Crippen LogP contribution in [0.2, 0.25) is 5.15 Å². The summed E-state index contributed by atoms with van der Waals surface area (Å²) in [5.41, 5.74) is 1.63. The predicted octanol–water partition coefficient (Wildman–Crippen LogP) is 3.32. The summed E-state index contributed by atoms with van der Waals surface area (Å²) in [4.78, 5) is 8.54. The van der Waals surface area contributed by atoms with Crippen molar-refractivity contribution in [1.29, 1.82) is 5.26 Å². The van der Waals surface area contributed by atoms with Crippen LogP contribution in [-0.2, 0) is 13.0 Å². The molecule has 18 heavy (non-hydrogen) atoms. The van der Waals surface area contributed by atoms with Crippen molar-refractivity contribution in [3.05, 3.63) is 21.6 Å². The standard InChI is InChI=1S/C12H10BrClN4/c13-8-5-16-12(14)10-11(8)18(6-7-1-2-7)9(17-10)3-4-15/h5,7H,1-3,6H2. The van der Waals surface area contributed by atoms with Crippen LogP contribution in [0.25, 0.3) is 11.0 Å². The lowest BCUT2D eigenvalue weighted by Gasteiger charge is -2.07. The summed E-state index contributed by atoms with van der Waals surface area (Å²) < 4.78 is 2.98. The second-order valence-corrected chi connectivity index (χ2v) is 5.72. The summed E-state index contributed by atoms with van der Waals surface area (Å²) in [6.45, 7) is 0.909. The van der Waals surface area contributed by atoms with Gasteiger partial charge in [-0.1, -0.05) is 11.6 Å². The highest BCUT2D eigenvalue weighted by atomic mass is 79.9. The van der Waals surface area contributed by atoms with Gasteiger partial charge in [0.25, 0.3) is 0 Å². The van der Waals surface area contributed by atoms with Gasteiger partial charge in [0.2, 0.25) is 0 Å². The Bertz CT molecular complexity index is 654. The summed E-state index contributed by atoms with van der Waals surface area (Å²) in [7, 11) is 0. The first kappa shape index (κ1) is 11.9. The molecule has 0 unspecified atom stereocenters. The summed E-state index contributed by atoms with van der Waals surface area (Å²) in [5.74, 6) is 1.48. The maximum absolute atomic E-state index is 8.89. The number of hydrogen-bond donors (Lipinski definition) is 0. The Kier molecular flexibility index (Phi) is 3.00. The molecule has 0 saturated heterocycles. The van der Waals surface area contributed by atoms with Gasteiger partial charge in [-0.3, -0.25) is 0 Å². The van der Waals surface area contributed by atoms with E-state index in [1.165, 1.54) is 12.8 Å². The van der Waals surface area contributed by atoms with Crippen LogP contribution in [0.3, 0.4) is 0 Å². The molecule has 0 aromatic carbocycles. The van der Waals surface area contributed by atoms with E-state index in [0.717, 1.165) is 22.4 Å². The molecule has 2 aromatic rings. The molecule has 0 bridgehead atoms. The van der Waals surface area contributed by atoms with E-state index in [1.807, 2.05) is 0 Å². The lowest BCUT2D eigenvalue weighted by atomic mass is 10.3. The summed E-state index contributed by atoms with van der Waals surface area (Å²) >= 11 is 9.57. The molecule has 0 aliphatic heterocycles. The first-order chi connectivity index (χ1) is 8.70. The Morgan fingerprint density at radius 2 is 2.33 bits per heavy atom. The molecule has 2 heterocycles. The van der Waals surface area contributed by atoms with Crippen LogP contribution in [0, 0.1) is 17.2 Å². The molecule has 4 nitrogen and oxygen atoms in total. The molecule has 0 N–H and O–H groups in total. The Balaban J connectivity index is 2.23. The van der Waals surface area contributed by atoms with Crippen LogP contribution in [0.15, 0.2) is 10.7 Å². The Morgan fingerprint density at radius 1 is 1.56 bits per heavy atom. The van der Waals surface area contributed by atoms with E-state index in [4.69, 9.17) is 16.9 Å². The fourth-order valence-corrected chi connectivity index (χ4v) is 2.77. The lowest BCUT2D eigenvalue weighted by molar-refractivity contribution is 0.619. The summed E-state index contributed by atoms with van der Waals surface area (Å²) in [6, 6.07) is 2.16. The molecule has 1 fully saturated rings. The van der Waals surface area contributed by atoms with Crippen molar-refractivity contribution in [3.63, 3.8) is 0 Å². The minimum Gasteiger partial charge on any atom is -0.326 e. The summed E-state index contributed by atoms with van der Waals surface area (Å²) in [5, 5.41) is 9.28. The van der Waals surface area contributed by atoms with Crippen molar-refractivity contribution in [2.24, 2.45) is 5.92 Å². The Hall–Kier alpha value is -1.12. The zero-order chi connectivity index (χ0) is 12.7. The maximum atomic E-state index is 8.89. The van der Waals surface area contributed by atoms with Crippen molar-refractivity contribution in [2.45, 2.75) is 25.8 Å². The van der Waals surface area contributed by atoms with Crippen LogP contribution in [0.5, 0.6) is 0 Å². The van der Waals surface area contributed by atoms with E-state index in [9.17, 15) is 0 Å². The topological polar surface area (TPSA) is 54.5 Å². The van der Waals surface area contributed by atoms with E-state index in [-0.39, 0.29) is 0 Å². The van der Waals surface area contributed by atoms with Crippen LogP contribution < -0.4 is 0 Å². The number of aromatic nitrogens is 3. The van der Waals surface area contributed by atoms with E-state index in [2.05, 4.69) is 36.5 Å². The monoisotopic (exact) mass is 324 g/mol.